The molecule has 0 aliphatic carbocycles. The average Bonchev–Trinajstić information content (AvgIpc) is 2.97. The zero-order valence-corrected chi connectivity index (χ0v) is 8.69. The van der Waals surface area contributed by atoms with Crippen molar-refractivity contribution in [3.63, 3.8) is 0 Å². The summed E-state index contributed by atoms with van der Waals surface area (Å²) in [5.41, 5.74) is 0.695. The molecule has 0 saturated heterocycles. The van der Waals surface area contributed by atoms with Crippen LogP contribution in [0.3, 0.4) is 0 Å². The average molecular weight is 232 g/mol. The molecule has 0 unspecified atom stereocenters. The number of carbonyl (C=O) groups excluding carboxylic acids is 2. The molecule has 0 saturated carbocycles. The monoisotopic (exact) mass is 232 g/mol. The number of imidazole rings is 2. The second-order valence-electron chi connectivity index (χ2n) is 3.13. The molecule has 0 amide bonds. The lowest BCUT2D eigenvalue weighted by Gasteiger charge is -1.99. The predicted molar refractivity (Wildman–Crippen MR) is 56.0 cm³/mol. The molecular weight excluding hydrogens is 224 g/mol. The van der Waals surface area contributed by atoms with E-state index >= 15 is 0 Å². The maximum absolute atomic E-state index is 10.3. The quantitative estimate of drug-likeness (QED) is 0.710. The van der Waals surface area contributed by atoms with Gasteiger partial charge in [0.25, 0.3) is 12.6 Å². The lowest BCUT2D eigenvalue weighted by molar-refractivity contribution is 0.310. The number of ether oxygens (including phenoxy) is 1. The fourth-order valence-corrected chi connectivity index (χ4v) is 1.23. The van der Waals surface area contributed by atoms with Crippen LogP contribution < -0.4 is 4.74 Å². The highest BCUT2D eigenvalue weighted by Gasteiger charge is 2.03. The van der Waals surface area contributed by atoms with Crippen molar-refractivity contribution in [2.75, 3.05) is 6.61 Å². The zero-order valence-electron chi connectivity index (χ0n) is 8.69. The number of hydrogen-bond donors (Lipinski definition) is 2. The molecule has 7 heteroatoms. The maximum atomic E-state index is 10.3. The summed E-state index contributed by atoms with van der Waals surface area (Å²) in [4.78, 5) is 33.4. The molecule has 2 aromatic heterocycles. The van der Waals surface area contributed by atoms with Crippen molar-refractivity contribution in [1.29, 1.82) is 0 Å². The molecule has 0 fully saturated rings. The molecule has 2 aromatic rings. The van der Waals surface area contributed by atoms with Crippen LogP contribution in [0.15, 0.2) is 12.4 Å². The summed E-state index contributed by atoms with van der Waals surface area (Å²) < 4.78 is 5.26. The lowest BCUT2D eigenvalue weighted by Crippen LogP contribution is -2.02. The van der Waals surface area contributed by atoms with Crippen LogP contribution in [0.25, 0.3) is 0 Å². The van der Waals surface area contributed by atoms with Gasteiger partial charge in [-0.2, -0.15) is 4.98 Å². The van der Waals surface area contributed by atoms with Gasteiger partial charge in [0, 0.05) is 12.6 Å². The number of nitrogens with one attached hydrogen (secondary N) is 2. The van der Waals surface area contributed by atoms with Crippen LogP contribution in [0, 0.1) is 0 Å². The molecule has 0 aliphatic heterocycles. The molecule has 86 valence electrons. The van der Waals surface area contributed by atoms with Crippen LogP contribution in [0.1, 0.15) is 17.3 Å². The first-order valence-corrected chi connectivity index (χ1v) is 4.80. The van der Waals surface area contributed by atoms with E-state index in [-0.39, 0.29) is 11.6 Å². The number of aromatic nitrogens is 4. The number of nitrogens with zero attached hydrogens (tertiary/aromatic N) is 2. The van der Waals surface area contributed by atoms with Crippen LogP contribution in [-0.2, 0) is 16.0 Å². The number of H-pyrrole nitrogens is 2. The molecule has 0 spiro atoms. The summed E-state index contributed by atoms with van der Waals surface area (Å²) in [6.07, 6.45) is 6.85. The Morgan fingerprint density at radius 3 is 2.47 bits per heavy atom. The molecule has 0 aromatic carbocycles. The molecule has 2 radical (unpaired) electrons. The molecule has 2 heterocycles. The molecular formula is C10H8N4O3. The van der Waals surface area contributed by atoms with Crippen LogP contribution in [0.4, 0.5) is 0 Å². The second kappa shape index (κ2) is 5.06. The third kappa shape index (κ3) is 2.77. The number of hydrogen-bond acceptors (Lipinski definition) is 5. The van der Waals surface area contributed by atoms with Crippen molar-refractivity contribution in [3.05, 3.63) is 29.7 Å². The van der Waals surface area contributed by atoms with Gasteiger partial charge in [-0.1, -0.05) is 0 Å². The van der Waals surface area contributed by atoms with Crippen molar-refractivity contribution >= 4 is 12.6 Å². The Kier molecular flexibility index (Phi) is 3.29. The van der Waals surface area contributed by atoms with Crippen LogP contribution >= 0.6 is 0 Å². The van der Waals surface area contributed by atoms with Crippen molar-refractivity contribution in [2.24, 2.45) is 0 Å². The Morgan fingerprint density at radius 2 is 1.82 bits per heavy atom. The van der Waals surface area contributed by atoms with E-state index in [1.54, 1.807) is 18.8 Å². The van der Waals surface area contributed by atoms with E-state index in [4.69, 9.17) is 4.74 Å². The van der Waals surface area contributed by atoms with E-state index in [0.29, 0.717) is 24.6 Å². The van der Waals surface area contributed by atoms with Gasteiger partial charge >= 0.3 is 0 Å². The summed E-state index contributed by atoms with van der Waals surface area (Å²) >= 11 is 0. The van der Waals surface area contributed by atoms with E-state index in [2.05, 4.69) is 19.9 Å². The molecule has 2 N–H and O–H groups in total. The van der Waals surface area contributed by atoms with Crippen molar-refractivity contribution < 1.29 is 14.3 Å². The van der Waals surface area contributed by atoms with Crippen LogP contribution in [-0.4, -0.2) is 39.1 Å². The fourth-order valence-electron chi connectivity index (χ4n) is 1.23. The number of aromatic amines is 2. The van der Waals surface area contributed by atoms with E-state index in [0.717, 1.165) is 0 Å². The molecule has 0 aliphatic rings. The van der Waals surface area contributed by atoms with E-state index in [1.165, 1.54) is 6.20 Å². The van der Waals surface area contributed by atoms with Crippen LogP contribution in [0.5, 0.6) is 5.88 Å². The molecule has 2 rings (SSSR count). The van der Waals surface area contributed by atoms with Gasteiger partial charge in [-0.05, 0) is 0 Å². The third-order valence-corrected chi connectivity index (χ3v) is 1.99. The van der Waals surface area contributed by atoms with Gasteiger partial charge in [-0.15, -0.1) is 0 Å². The maximum Gasteiger partial charge on any atom is 0.272 e. The largest absolute Gasteiger partial charge is 0.476 e. The molecule has 17 heavy (non-hydrogen) atoms. The minimum Gasteiger partial charge on any atom is -0.476 e. The van der Waals surface area contributed by atoms with Crippen molar-refractivity contribution in [3.8, 4) is 5.88 Å². The highest BCUT2D eigenvalue weighted by Crippen LogP contribution is 2.05. The van der Waals surface area contributed by atoms with Gasteiger partial charge < -0.3 is 14.7 Å². The fraction of sp³-hybridized carbons (Fsp3) is 0.200. The van der Waals surface area contributed by atoms with E-state index in [1.807, 2.05) is 0 Å². The SMILES string of the molecule is O=[C]c1nc(CCOc2c[nH]c([C]=O)n2)c[nH]1. The van der Waals surface area contributed by atoms with Gasteiger partial charge in [-0.3, -0.25) is 9.59 Å². The summed E-state index contributed by atoms with van der Waals surface area (Å²) in [5, 5.41) is 0. The van der Waals surface area contributed by atoms with Crippen molar-refractivity contribution in [2.45, 2.75) is 6.42 Å². The van der Waals surface area contributed by atoms with E-state index in [9.17, 15) is 9.59 Å². The third-order valence-electron chi connectivity index (χ3n) is 1.99. The Labute approximate surface area is 96.2 Å². The molecule has 7 nitrogen and oxygen atoms in total. The first-order valence-electron chi connectivity index (χ1n) is 4.80. The van der Waals surface area contributed by atoms with Gasteiger partial charge in [-0.25, -0.2) is 4.98 Å². The molecule has 0 bridgehead atoms. The smallest absolute Gasteiger partial charge is 0.272 e. The minimum absolute atomic E-state index is 0.0950. The van der Waals surface area contributed by atoms with Gasteiger partial charge in [0.1, 0.15) is 0 Å². The van der Waals surface area contributed by atoms with Gasteiger partial charge in [0.05, 0.1) is 18.5 Å². The van der Waals surface area contributed by atoms with Gasteiger partial charge in [0.2, 0.25) is 5.88 Å². The Morgan fingerprint density at radius 1 is 1.12 bits per heavy atom. The normalized spacial score (nSPS) is 10.1. The van der Waals surface area contributed by atoms with Crippen molar-refractivity contribution in [1.82, 2.24) is 19.9 Å². The number of rotatable bonds is 6. The highest BCUT2D eigenvalue weighted by atomic mass is 16.5. The summed E-state index contributed by atoms with van der Waals surface area (Å²) in [7, 11) is 0. The Hall–Kier alpha value is -2.44. The van der Waals surface area contributed by atoms with Crippen LogP contribution in [0.2, 0.25) is 0 Å². The topological polar surface area (TPSA) is 101 Å². The zero-order chi connectivity index (χ0) is 12.1. The standard InChI is InChI=1S/C10H8N4O3/c15-5-8-11-3-7(13-8)1-2-17-10-4-12-9(6-16)14-10/h3-4H,1-2H2,(H,11,13)(H,12,14). The highest BCUT2D eigenvalue weighted by molar-refractivity contribution is 5.69. The summed E-state index contributed by atoms with van der Waals surface area (Å²) in [5.74, 6) is 0.580. The lowest BCUT2D eigenvalue weighted by atomic mass is 10.3. The summed E-state index contributed by atoms with van der Waals surface area (Å²) in [6, 6.07) is 0. The Balaban J connectivity index is 1.82. The molecule has 0 atom stereocenters. The summed E-state index contributed by atoms with van der Waals surface area (Å²) in [6.45, 7) is 0.340. The predicted octanol–water partition coefficient (Wildman–Crippen LogP) is -0.330. The first-order chi connectivity index (χ1) is 8.31. The second-order valence-corrected chi connectivity index (χ2v) is 3.13. The van der Waals surface area contributed by atoms with Gasteiger partial charge in [0.15, 0.2) is 11.6 Å². The minimum atomic E-state index is 0.0950. The van der Waals surface area contributed by atoms with E-state index < -0.39 is 0 Å². The first kappa shape index (κ1) is 11.1. The Bertz CT molecular complexity index is 471.